The number of hydrogen-bond donors (Lipinski definition) is 1. The van der Waals surface area contributed by atoms with Crippen molar-refractivity contribution in [1.29, 1.82) is 0 Å². The molecule has 1 atom stereocenters. The van der Waals surface area contributed by atoms with Crippen LogP contribution in [0.15, 0.2) is 24.5 Å². The van der Waals surface area contributed by atoms with Gasteiger partial charge in [0.2, 0.25) is 0 Å². The van der Waals surface area contributed by atoms with Crippen LogP contribution >= 0.6 is 0 Å². The second-order valence-corrected chi connectivity index (χ2v) is 5.73. The van der Waals surface area contributed by atoms with E-state index in [2.05, 4.69) is 27.3 Å². The summed E-state index contributed by atoms with van der Waals surface area (Å²) in [5, 5.41) is 3.53. The van der Waals surface area contributed by atoms with Gasteiger partial charge in [0.05, 0.1) is 0 Å². The second-order valence-electron chi connectivity index (χ2n) is 5.73. The number of pyridine rings is 1. The molecule has 0 spiro atoms. The maximum absolute atomic E-state index is 4.10. The van der Waals surface area contributed by atoms with Crippen molar-refractivity contribution in [2.75, 3.05) is 19.6 Å². The summed E-state index contributed by atoms with van der Waals surface area (Å²) in [7, 11) is 0. The van der Waals surface area contributed by atoms with Crippen LogP contribution in [0.5, 0.6) is 0 Å². The number of aromatic nitrogens is 1. The molecule has 0 amide bonds. The third-order valence-corrected chi connectivity index (χ3v) is 4.09. The van der Waals surface area contributed by atoms with Crippen LogP contribution in [0.1, 0.15) is 31.2 Å². The molecule has 0 radical (unpaired) electrons. The standard InChI is InChI=1S/C15H23N3/c1-2-14(10-17-7-1)12-18(15-3-4-15)11-13-5-8-16-9-6-13/h5-6,8-9,14-15,17H,1-4,7,10-12H2. The first-order chi connectivity index (χ1) is 8.92. The largest absolute Gasteiger partial charge is 0.316 e. The molecule has 1 unspecified atom stereocenters. The quantitative estimate of drug-likeness (QED) is 0.860. The molecule has 1 aromatic heterocycles. The Hall–Kier alpha value is -0.930. The molecule has 3 nitrogen and oxygen atoms in total. The van der Waals surface area contributed by atoms with E-state index in [4.69, 9.17) is 0 Å². The molecule has 1 aliphatic heterocycles. The van der Waals surface area contributed by atoms with Crippen molar-refractivity contribution < 1.29 is 0 Å². The Bertz CT molecular complexity index is 355. The molecule has 3 heteroatoms. The number of hydrogen-bond acceptors (Lipinski definition) is 3. The summed E-state index contributed by atoms with van der Waals surface area (Å²) in [6.45, 7) is 4.79. The van der Waals surface area contributed by atoms with Gasteiger partial charge in [-0.15, -0.1) is 0 Å². The SMILES string of the molecule is c1cc(CN(CC2CCCNC2)C2CC2)ccn1. The van der Waals surface area contributed by atoms with E-state index in [-0.39, 0.29) is 0 Å². The molecule has 3 rings (SSSR count). The van der Waals surface area contributed by atoms with E-state index in [1.54, 1.807) is 0 Å². The van der Waals surface area contributed by atoms with Crippen LogP contribution in [0, 0.1) is 5.92 Å². The highest BCUT2D eigenvalue weighted by Gasteiger charge is 2.30. The van der Waals surface area contributed by atoms with E-state index in [0.717, 1.165) is 18.5 Å². The highest BCUT2D eigenvalue weighted by molar-refractivity contribution is 5.10. The van der Waals surface area contributed by atoms with E-state index in [9.17, 15) is 0 Å². The highest BCUT2D eigenvalue weighted by Crippen LogP contribution is 2.29. The third-order valence-electron chi connectivity index (χ3n) is 4.09. The highest BCUT2D eigenvalue weighted by atomic mass is 15.2. The zero-order chi connectivity index (χ0) is 12.2. The molecule has 1 aliphatic carbocycles. The minimum absolute atomic E-state index is 0.847. The Morgan fingerprint density at radius 3 is 2.72 bits per heavy atom. The molecule has 1 saturated carbocycles. The molecular formula is C15H23N3. The zero-order valence-electron chi connectivity index (χ0n) is 11.0. The van der Waals surface area contributed by atoms with Gasteiger partial charge in [0.25, 0.3) is 0 Å². The first kappa shape index (κ1) is 12.1. The minimum atomic E-state index is 0.847. The van der Waals surface area contributed by atoms with Crippen LogP contribution < -0.4 is 5.32 Å². The van der Waals surface area contributed by atoms with Gasteiger partial charge in [0, 0.05) is 31.5 Å². The molecule has 2 heterocycles. The molecule has 1 N–H and O–H groups in total. The first-order valence-corrected chi connectivity index (χ1v) is 7.25. The lowest BCUT2D eigenvalue weighted by Gasteiger charge is -2.30. The molecule has 1 saturated heterocycles. The Morgan fingerprint density at radius 1 is 1.22 bits per heavy atom. The molecule has 98 valence electrons. The van der Waals surface area contributed by atoms with E-state index < -0.39 is 0 Å². The van der Waals surface area contributed by atoms with Gasteiger partial charge in [-0.3, -0.25) is 9.88 Å². The molecular weight excluding hydrogens is 222 g/mol. The van der Waals surface area contributed by atoms with Crippen molar-refractivity contribution in [2.24, 2.45) is 5.92 Å². The van der Waals surface area contributed by atoms with Gasteiger partial charge >= 0.3 is 0 Å². The summed E-state index contributed by atoms with van der Waals surface area (Å²) >= 11 is 0. The van der Waals surface area contributed by atoms with Gasteiger partial charge in [0.1, 0.15) is 0 Å². The van der Waals surface area contributed by atoms with E-state index in [1.165, 1.54) is 50.9 Å². The van der Waals surface area contributed by atoms with Crippen molar-refractivity contribution in [3.05, 3.63) is 30.1 Å². The zero-order valence-corrected chi connectivity index (χ0v) is 11.0. The fourth-order valence-corrected chi connectivity index (χ4v) is 2.92. The van der Waals surface area contributed by atoms with E-state index >= 15 is 0 Å². The average Bonchev–Trinajstić information content (AvgIpc) is 3.25. The Labute approximate surface area is 110 Å². The predicted molar refractivity (Wildman–Crippen MR) is 73.3 cm³/mol. The number of piperidine rings is 1. The normalized spacial score (nSPS) is 24.4. The van der Waals surface area contributed by atoms with E-state index in [0.29, 0.717) is 0 Å². The lowest BCUT2D eigenvalue weighted by Crippen LogP contribution is -2.39. The Balaban J connectivity index is 1.58. The minimum Gasteiger partial charge on any atom is -0.316 e. The Kier molecular flexibility index (Phi) is 3.91. The van der Waals surface area contributed by atoms with Crippen molar-refractivity contribution in [2.45, 2.75) is 38.3 Å². The predicted octanol–water partition coefficient (Wildman–Crippen LogP) is 2.05. The van der Waals surface area contributed by atoms with Crippen LogP contribution in [-0.4, -0.2) is 35.6 Å². The Morgan fingerprint density at radius 2 is 2.06 bits per heavy atom. The van der Waals surface area contributed by atoms with Crippen molar-refractivity contribution >= 4 is 0 Å². The summed E-state index contributed by atoms with van der Waals surface area (Å²) in [6, 6.07) is 5.14. The van der Waals surface area contributed by atoms with E-state index in [1.807, 2.05) is 12.4 Å². The maximum Gasteiger partial charge on any atom is 0.0271 e. The average molecular weight is 245 g/mol. The van der Waals surface area contributed by atoms with Crippen LogP contribution in [-0.2, 0) is 6.54 Å². The van der Waals surface area contributed by atoms with Gasteiger partial charge in [-0.1, -0.05) is 0 Å². The van der Waals surface area contributed by atoms with Crippen LogP contribution in [0.2, 0.25) is 0 Å². The molecule has 18 heavy (non-hydrogen) atoms. The topological polar surface area (TPSA) is 28.2 Å². The van der Waals surface area contributed by atoms with Crippen molar-refractivity contribution in [3.63, 3.8) is 0 Å². The number of nitrogens with one attached hydrogen (secondary N) is 1. The maximum atomic E-state index is 4.10. The van der Waals surface area contributed by atoms with Gasteiger partial charge in [-0.2, -0.15) is 0 Å². The number of rotatable bonds is 5. The van der Waals surface area contributed by atoms with Gasteiger partial charge in [-0.25, -0.2) is 0 Å². The number of nitrogens with zero attached hydrogens (tertiary/aromatic N) is 2. The third kappa shape index (κ3) is 3.30. The summed E-state index contributed by atoms with van der Waals surface area (Å²) in [5.41, 5.74) is 1.40. The summed E-state index contributed by atoms with van der Waals surface area (Å²) in [6.07, 6.45) is 9.34. The molecule has 0 bridgehead atoms. The molecule has 2 fully saturated rings. The van der Waals surface area contributed by atoms with Gasteiger partial charge in [-0.05, 0) is 62.4 Å². The van der Waals surface area contributed by atoms with Crippen LogP contribution in [0.4, 0.5) is 0 Å². The van der Waals surface area contributed by atoms with Crippen molar-refractivity contribution in [1.82, 2.24) is 15.2 Å². The lowest BCUT2D eigenvalue weighted by molar-refractivity contribution is 0.192. The summed E-state index contributed by atoms with van der Waals surface area (Å²) in [4.78, 5) is 6.79. The van der Waals surface area contributed by atoms with Gasteiger partial charge < -0.3 is 5.32 Å². The molecule has 2 aliphatic rings. The monoisotopic (exact) mass is 245 g/mol. The van der Waals surface area contributed by atoms with Crippen LogP contribution in [0.3, 0.4) is 0 Å². The first-order valence-electron chi connectivity index (χ1n) is 7.25. The van der Waals surface area contributed by atoms with Crippen molar-refractivity contribution in [3.8, 4) is 0 Å². The smallest absolute Gasteiger partial charge is 0.0271 e. The summed E-state index contributed by atoms with van der Waals surface area (Å²) in [5.74, 6) is 0.848. The summed E-state index contributed by atoms with van der Waals surface area (Å²) < 4.78 is 0. The molecule has 0 aromatic carbocycles. The lowest BCUT2D eigenvalue weighted by atomic mass is 9.99. The van der Waals surface area contributed by atoms with Gasteiger partial charge in [0.15, 0.2) is 0 Å². The van der Waals surface area contributed by atoms with Crippen LogP contribution in [0.25, 0.3) is 0 Å². The second kappa shape index (κ2) is 5.81. The molecule has 1 aromatic rings. The fourth-order valence-electron chi connectivity index (χ4n) is 2.92. The fraction of sp³-hybridized carbons (Fsp3) is 0.667.